The van der Waals surface area contributed by atoms with Gasteiger partial charge in [-0.2, -0.15) is 0 Å². The number of piperidine rings is 1. The first-order valence-electron chi connectivity index (χ1n) is 8.65. The molecule has 0 saturated carbocycles. The van der Waals surface area contributed by atoms with Crippen LogP contribution < -0.4 is 0 Å². The lowest BCUT2D eigenvalue weighted by molar-refractivity contribution is -0.132. The van der Waals surface area contributed by atoms with Gasteiger partial charge in [-0.3, -0.25) is 9.59 Å². The van der Waals surface area contributed by atoms with Crippen LogP contribution in [-0.2, 0) is 11.2 Å². The molecule has 24 heavy (non-hydrogen) atoms. The third-order valence-corrected chi connectivity index (χ3v) is 4.67. The normalized spacial score (nSPS) is 17.5. The van der Waals surface area contributed by atoms with E-state index in [-0.39, 0.29) is 17.6 Å². The molecule has 1 heterocycles. The summed E-state index contributed by atoms with van der Waals surface area (Å²) >= 11 is 0. The number of Topliss-reactive ketones (excluding diaryl/α,β-unsaturated/α-hetero) is 1. The molecule has 124 valence electrons. The number of ketones is 1. The maximum atomic E-state index is 12.6. The van der Waals surface area contributed by atoms with E-state index in [4.69, 9.17) is 0 Å². The lowest BCUT2D eigenvalue weighted by Crippen LogP contribution is -2.42. The first-order chi connectivity index (χ1) is 11.7. The van der Waals surface area contributed by atoms with Crippen LogP contribution in [0.1, 0.15) is 35.2 Å². The second kappa shape index (κ2) is 7.91. The highest BCUT2D eigenvalue weighted by atomic mass is 16.2. The Morgan fingerprint density at radius 1 is 0.958 bits per heavy atom. The molecule has 3 rings (SSSR count). The Hall–Kier alpha value is -2.42. The van der Waals surface area contributed by atoms with Crippen LogP contribution in [0.25, 0.3) is 0 Å². The van der Waals surface area contributed by atoms with Gasteiger partial charge in [0.15, 0.2) is 5.78 Å². The number of benzene rings is 2. The first kappa shape index (κ1) is 16.4. The fraction of sp³-hybridized carbons (Fsp3) is 0.333. The van der Waals surface area contributed by atoms with Crippen LogP contribution in [0, 0.1) is 5.92 Å². The SMILES string of the molecule is O=C(c1ccccc1)C1CCCN(C(=O)CCc2ccccc2)C1. The van der Waals surface area contributed by atoms with Crippen LogP contribution in [0.2, 0.25) is 0 Å². The monoisotopic (exact) mass is 321 g/mol. The molecule has 0 aliphatic carbocycles. The lowest BCUT2D eigenvalue weighted by Gasteiger charge is -2.32. The molecule has 1 aliphatic rings. The second-order valence-electron chi connectivity index (χ2n) is 6.39. The van der Waals surface area contributed by atoms with Gasteiger partial charge < -0.3 is 4.90 Å². The molecular weight excluding hydrogens is 298 g/mol. The van der Waals surface area contributed by atoms with E-state index in [9.17, 15) is 9.59 Å². The van der Waals surface area contributed by atoms with E-state index < -0.39 is 0 Å². The summed E-state index contributed by atoms with van der Waals surface area (Å²) in [4.78, 5) is 27.0. The molecule has 0 bridgehead atoms. The minimum absolute atomic E-state index is 0.0678. The Morgan fingerprint density at radius 3 is 2.33 bits per heavy atom. The number of likely N-dealkylation sites (tertiary alicyclic amines) is 1. The van der Waals surface area contributed by atoms with E-state index in [1.54, 1.807) is 0 Å². The highest BCUT2D eigenvalue weighted by Gasteiger charge is 2.28. The van der Waals surface area contributed by atoms with Gasteiger partial charge in [-0.1, -0.05) is 60.7 Å². The van der Waals surface area contributed by atoms with Crippen molar-refractivity contribution in [1.29, 1.82) is 0 Å². The van der Waals surface area contributed by atoms with Gasteiger partial charge in [0.25, 0.3) is 0 Å². The predicted molar refractivity (Wildman–Crippen MR) is 94.8 cm³/mol. The minimum Gasteiger partial charge on any atom is -0.342 e. The van der Waals surface area contributed by atoms with E-state index >= 15 is 0 Å². The number of hydrogen-bond donors (Lipinski definition) is 0. The number of amides is 1. The van der Waals surface area contributed by atoms with E-state index in [0.29, 0.717) is 13.0 Å². The first-order valence-corrected chi connectivity index (χ1v) is 8.65. The zero-order valence-electron chi connectivity index (χ0n) is 13.9. The van der Waals surface area contributed by atoms with Crippen LogP contribution in [0.3, 0.4) is 0 Å². The summed E-state index contributed by atoms with van der Waals surface area (Å²) in [6.07, 6.45) is 3.04. The van der Waals surface area contributed by atoms with Gasteiger partial charge in [0, 0.05) is 31.0 Å². The number of nitrogens with zero attached hydrogens (tertiary/aromatic N) is 1. The number of carbonyl (C=O) groups is 2. The molecule has 0 spiro atoms. The fourth-order valence-electron chi connectivity index (χ4n) is 3.31. The predicted octanol–water partition coefficient (Wildman–Crippen LogP) is 3.74. The van der Waals surface area contributed by atoms with Crippen molar-refractivity contribution >= 4 is 11.7 Å². The van der Waals surface area contributed by atoms with Crippen molar-refractivity contribution < 1.29 is 9.59 Å². The molecule has 1 saturated heterocycles. The van der Waals surface area contributed by atoms with Crippen molar-refractivity contribution in [2.24, 2.45) is 5.92 Å². The zero-order valence-corrected chi connectivity index (χ0v) is 13.9. The summed E-state index contributed by atoms with van der Waals surface area (Å²) in [5.41, 5.74) is 1.93. The lowest BCUT2D eigenvalue weighted by atomic mass is 9.90. The summed E-state index contributed by atoms with van der Waals surface area (Å²) in [7, 11) is 0. The topological polar surface area (TPSA) is 37.4 Å². The van der Waals surface area contributed by atoms with Crippen LogP contribution in [-0.4, -0.2) is 29.7 Å². The Labute approximate surface area is 143 Å². The number of rotatable bonds is 5. The zero-order chi connectivity index (χ0) is 16.8. The van der Waals surface area contributed by atoms with E-state index in [2.05, 4.69) is 0 Å². The summed E-state index contributed by atoms with van der Waals surface area (Å²) in [5.74, 6) is 0.252. The van der Waals surface area contributed by atoms with Crippen molar-refractivity contribution in [2.75, 3.05) is 13.1 Å². The van der Waals surface area contributed by atoms with Crippen LogP contribution in [0.4, 0.5) is 0 Å². The van der Waals surface area contributed by atoms with Gasteiger partial charge in [-0.05, 0) is 24.8 Å². The molecular formula is C21H23NO2. The third kappa shape index (κ3) is 4.10. The van der Waals surface area contributed by atoms with Gasteiger partial charge in [-0.25, -0.2) is 0 Å². The standard InChI is InChI=1S/C21H23NO2/c23-20(14-13-17-8-3-1-4-9-17)22-15-7-12-19(16-22)21(24)18-10-5-2-6-11-18/h1-6,8-11,19H,7,12-16H2. The van der Waals surface area contributed by atoms with Gasteiger partial charge in [0.2, 0.25) is 5.91 Å². The van der Waals surface area contributed by atoms with Gasteiger partial charge >= 0.3 is 0 Å². The Bertz CT molecular complexity index is 681. The summed E-state index contributed by atoms with van der Waals surface area (Å²) in [6, 6.07) is 19.5. The number of hydrogen-bond acceptors (Lipinski definition) is 2. The second-order valence-corrected chi connectivity index (χ2v) is 6.39. The average molecular weight is 321 g/mol. The molecule has 1 amide bonds. The van der Waals surface area contributed by atoms with E-state index in [1.807, 2.05) is 65.6 Å². The number of aryl methyl sites for hydroxylation is 1. The quantitative estimate of drug-likeness (QED) is 0.787. The highest BCUT2D eigenvalue weighted by molar-refractivity contribution is 5.98. The largest absolute Gasteiger partial charge is 0.342 e. The van der Waals surface area contributed by atoms with Crippen LogP contribution in [0.15, 0.2) is 60.7 Å². The van der Waals surface area contributed by atoms with Gasteiger partial charge in [0.05, 0.1) is 0 Å². The van der Waals surface area contributed by atoms with Crippen LogP contribution >= 0.6 is 0 Å². The molecule has 0 radical (unpaired) electrons. The summed E-state index contributed by atoms with van der Waals surface area (Å²) in [6.45, 7) is 1.33. The Kier molecular flexibility index (Phi) is 5.42. The van der Waals surface area contributed by atoms with Crippen molar-refractivity contribution in [3.63, 3.8) is 0 Å². The van der Waals surface area contributed by atoms with Crippen molar-refractivity contribution in [3.8, 4) is 0 Å². The molecule has 2 aromatic rings. The van der Waals surface area contributed by atoms with E-state index in [0.717, 1.165) is 31.4 Å². The number of carbonyl (C=O) groups excluding carboxylic acids is 2. The average Bonchev–Trinajstić information content (AvgIpc) is 2.67. The van der Waals surface area contributed by atoms with E-state index in [1.165, 1.54) is 5.56 Å². The minimum atomic E-state index is -0.0678. The molecule has 3 nitrogen and oxygen atoms in total. The molecule has 1 aliphatic heterocycles. The Balaban J connectivity index is 1.57. The van der Waals surface area contributed by atoms with Crippen LogP contribution in [0.5, 0.6) is 0 Å². The molecule has 1 fully saturated rings. The van der Waals surface area contributed by atoms with Crippen molar-refractivity contribution in [3.05, 3.63) is 71.8 Å². The summed E-state index contributed by atoms with van der Waals surface area (Å²) in [5, 5.41) is 0. The molecule has 0 N–H and O–H groups in total. The molecule has 3 heteroatoms. The molecule has 1 unspecified atom stereocenters. The van der Waals surface area contributed by atoms with Gasteiger partial charge in [-0.15, -0.1) is 0 Å². The highest BCUT2D eigenvalue weighted by Crippen LogP contribution is 2.21. The van der Waals surface area contributed by atoms with Gasteiger partial charge in [0.1, 0.15) is 0 Å². The third-order valence-electron chi connectivity index (χ3n) is 4.67. The fourth-order valence-corrected chi connectivity index (χ4v) is 3.31. The molecule has 2 aromatic carbocycles. The smallest absolute Gasteiger partial charge is 0.222 e. The molecule has 1 atom stereocenters. The van der Waals surface area contributed by atoms with Crippen molar-refractivity contribution in [2.45, 2.75) is 25.7 Å². The van der Waals surface area contributed by atoms with Crippen molar-refractivity contribution in [1.82, 2.24) is 4.90 Å². The summed E-state index contributed by atoms with van der Waals surface area (Å²) < 4.78 is 0. The maximum absolute atomic E-state index is 12.6. The Morgan fingerprint density at radius 2 is 1.62 bits per heavy atom. The maximum Gasteiger partial charge on any atom is 0.222 e. The molecule has 0 aromatic heterocycles.